The molecular formula is C10H15ClN2. The minimum absolute atomic E-state index is 0.161. The van der Waals surface area contributed by atoms with Crippen LogP contribution in [0.3, 0.4) is 0 Å². The summed E-state index contributed by atoms with van der Waals surface area (Å²) < 4.78 is 0. The van der Waals surface area contributed by atoms with Crippen LogP contribution in [0.1, 0.15) is 25.2 Å². The van der Waals surface area contributed by atoms with E-state index in [1.165, 1.54) is 0 Å². The molecule has 72 valence electrons. The molecule has 0 aromatic carbocycles. The number of hydrogen-bond acceptors (Lipinski definition) is 2. The molecule has 0 fully saturated rings. The number of rotatable bonds is 3. The van der Waals surface area contributed by atoms with Gasteiger partial charge in [0, 0.05) is 23.2 Å². The Morgan fingerprint density at radius 1 is 1.38 bits per heavy atom. The van der Waals surface area contributed by atoms with Crippen LogP contribution in [0.5, 0.6) is 0 Å². The quantitative estimate of drug-likeness (QED) is 0.698. The second-order valence-corrected chi connectivity index (χ2v) is 4.18. The van der Waals surface area contributed by atoms with Crippen molar-refractivity contribution in [1.82, 2.24) is 9.97 Å². The Morgan fingerprint density at radius 3 is 2.62 bits per heavy atom. The molecule has 0 amide bonds. The Morgan fingerprint density at radius 2 is 2.08 bits per heavy atom. The van der Waals surface area contributed by atoms with E-state index in [9.17, 15) is 0 Å². The number of aromatic nitrogens is 2. The molecule has 0 radical (unpaired) electrons. The molecule has 1 aromatic rings. The molecule has 0 saturated heterocycles. The zero-order valence-corrected chi connectivity index (χ0v) is 9.04. The standard InChI is InChI=1S/C10H15ClN2/c1-7(2)10(11)5-9-4-8(3)12-6-13-9/h4,6-7,10H,5H2,1-3H3. The van der Waals surface area contributed by atoms with Crippen LogP contribution in [0.25, 0.3) is 0 Å². The molecule has 0 bridgehead atoms. The van der Waals surface area contributed by atoms with Gasteiger partial charge in [0.1, 0.15) is 6.33 Å². The maximum Gasteiger partial charge on any atom is 0.115 e. The Hall–Kier alpha value is -0.630. The number of alkyl halides is 1. The molecule has 2 nitrogen and oxygen atoms in total. The average molecular weight is 199 g/mol. The lowest BCUT2D eigenvalue weighted by atomic mass is 10.1. The molecule has 1 heterocycles. The minimum atomic E-state index is 0.161. The highest BCUT2D eigenvalue weighted by Gasteiger charge is 2.10. The SMILES string of the molecule is Cc1cc(CC(Cl)C(C)C)ncn1. The van der Waals surface area contributed by atoms with E-state index < -0.39 is 0 Å². The average Bonchev–Trinajstić information content (AvgIpc) is 2.04. The topological polar surface area (TPSA) is 25.8 Å². The normalized spacial score (nSPS) is 13.3. The molecule has 0 aliphatic rings. The van der Waals surface area contributed by atoms with Crippen LogP contribution in [0, 0.1) is 12.8 Å². The van der Waals surface area contributed by atoms with Gasteiger partial charge in [0.25, 0.3) is 0 Å². The van der Waals surface area contributed by atoms with Gasteiger partial charge in [-0.25, -0.2) is 9.97 Å². The van der Waals surface area contributed by atoms with Crippen molar-refractivity contribution in [3.8, 4) is 0 Å². The maximum absolute atomic E-state index is 6.14. The first-order valence-corrected chi connectivity index (χ1v) is 4.95. The molecule has 1 aromatic heterocycles. The van der Waals surface area contributed by atoms with Gasteiger partial charge in [-0.1, -0.05) is 13.8 Å². The van der Waals surface area contributed by atoms with Gasteiger partial charge < -0.3 is 0 Å². The van der Waals surface area contributed by atoms with Gasteiger partial charge in [-0.2, -0.15) is 0 Å². The van der Waals surface area contributed by atoms with E-state index in [2.05, 4.69) is 23.8 Å². The lowest BCUT2D eigenvalue weighted by Gasteiger charge is -2.12. The molecule has 13 heavy (non-hydrogen) atoms. The number of aryl methyl sites for hydroxylation is 1. The van der Waals surface area contributed by atoms with Gasteiger partial charge in [0.15, 0.2) is 0 Å². The van der Waals surface area contributed by atoms with Gasteiger partial charge >= 0.3 is 0 Å². The predicted molar refractivity (Wildman–Crippen MR) is 55.0 cm³/mol. The van der Waals surface area contributed by atoms with Crippen molar-refractivity contribution < 1.29 is 0 Å². The van der Waals surface area contributed by atoms with Crippen LogP contribution in [-0.2, 0) is 6.42 Å². The lowest BCUT2D eigenvalue weighted by molar-refractivity contribution is 0.590. The fourth-order valence-electron chi connectivity index (χ4n) is 1.06. The summed E-state index contributed by atoms with van der Waals surface area (Å²) in [7, 11) is 0. The van der Waals surface area contributed by atoms with Crippen molar-refractivity contribution in [2.45, 2.75) is 32.6 Å². The molecule has 0 saturated carbocycles. The molecule has 1 atom stereocenters. The Balaban J connectivity index is 2.64. The molecule has 1 rings (SSSR count). The minimum Gasteiger partial charge on any atom is -0.242 e. The third kappa shape index (κ3) is 3.31. The smallest absolute Gasteiger partial charge is 0.115 e. The molecule has 1 unspecified atom stereocenters. The summed E-state index contributed by atoms with van der Waals surface area (Å²) in [4.78, 5) is 8.20. The van der Waals surface area contributed by atoms with Crippen molar-refractivity contribution in [2.75, 3.05) is 0 Å². The Kier molecular flexibility index (Phi) is 3.67. The summed E-state index contributed by atoms with van der Waals surface area (Å²) in [5, 5.41) is 0.161. The molecule has 0 aliphatic heterocycles. The first kappa shape index (κ1) is 10.5. The zero-order chi connectivity index (χ0) is 9.84. The van der Waals surface area contributed by atoms with E-state index >= 15 is 0 Å². The van der Waals surface area contributed by atoms with Crippen molar-refractivity contribution in [3.05, 3.63) is 23.8 Å². The third-order valence-corrected chi connectivity index (χ3v) is 2.65. The molecule has 0 spiro atoms. The van der Waals surface area contributed by atoms with Crippen LogP contribution in [-0.4, -0.2) is 15.3 Å². The number of halogens is 1. The molecular weight excluding hydrogens is 184 g/mol. The highest BCUT2D eigenvalue weighted by molar-refractivity contribution is 6.20. The van der Waals surface area contributed by atoms with Crippen molar-refractivity contribution in [1.29, 1.82) is 0 Å². The van der Waals surface area contributed by atoms with Gasteiger partial charge in [0.2, 0.25) is 0 Å². The highest BCUT2D eigenvalue weighted by atomic mass is 35.5. The van der Waals surface area contributed by atoms with Crippen LogP contribution >= 0.6 is 11.6 Å². The summed E-state index contributed by atoms with van der Waals surface area (Å²) >= 11 is 6.14. The van der Waals surface area contributed by atoms with Gasteiger partial charge in [-0.15, -0.1) is 11.6 Å². The number of hydrogen-bond donors (Lipinski definition) is 0. The van der Waals surface area contributed by atoms with E-state index in [1.807, 2.05) is 13.0 Å². The first-order valence-electron chi connectivity index (χ1n) is 4.51. The summed E-state index contributed by atoms with van der Waals surface area (Å²) in [6, 6.07) is 1.98. The number of nitrogens with zero attached hydrogens (tertiary/aromatic N) is 2. The van der Waals surface area contributed by atoms with Gasteiger partial charge in [-0.3, -0.25) is 0 Å². The highest BCUT2D eigenvalue weighted by Crippen LogP contribution is 2.14. The third-order valence-electron chi connectivity index (χ3n) is 1.99. The van der Waals surface area contributed by atoms with E-state index in [4.69, 9.17) is 11.6 Å². The van der Waals surface area contributed by atoms with Crippen molar-refractivity contribution in [3.63, 3.8) is 0 Å². The second-order valence-electron chi connectivity index (χ2n) is 3.61. The first-order chi connectivity index (χ1) is 6.09. The molecule has 0 aliphatic carbocycles. The monoisotopic (exact) mass is 198 g/mol. The zero-order valence-electron chi connectivity index (χ0n) is 8.29. The van der Waals surface area contributed by atoms with E-state index in [0.717, 1.165) is 17.8 Å². The summed E-state index contributed by atoms with van der Waals surface area (Å²) in [5.74, 6) is 0.483. The van der Waals surface area contributed by atoms with Crippen LogP contribution in [0.15, 0.2) is 12.4 Å². The summed E-state index contributed by atoms with van der Waals surface area (Å²) in [6.45, 7) is 6.20. The van der Waals surface area contributed by atoms with Crippen molar-refractivity contribution >= 4 is 11.6 Å². The van der Waals surface area contributed by atoms with Crippen LogP contribution < -0.4 is 0 Å². The van der Waals surface area contributed by atoms with Crippen LogP contribution in [0.4, 0.5) is 0 Å². The largest absolute Gasteiger partial charge is 0.242 e. The van der Waals surface area contributed by atoms with Crippen LogP contribution in [0.2, 0.25) is 0 Å². The predicted octanol–water partition coefficient (Wildman–Crippen LogP) is 2.59. The van der Waals surface area contributed by atoms with Gasteiger partial charge in [-0.05, 0) is 18.9 Å². The van der Waals surface area contributed by atoms with Crippen molar-refractivity contribution in [2.24, 2.45) is 5.92 Å². The fourth-order valence-corrected chi connectivity index (χ4v) is 1.21. The molecule has 0 N–H and O–H groups in total. The van der Waals surface area contributed by atoms with E-state index in [-0.39, 0.29) is 5.38 Å². The summed E-state index contributed by atoms with van der Waals surface area (Å²) in [5.41, 5.74) is 2.03. The van der Waals surface area contributed by atoms with E-state index in [1.54, 1.807) is 6.33 Å². The second kappa shape index (κ2) is 4.56. The van der Waals surface area contributed by atoms with E-state index in [0.29, 0.717) is 5.92 Å². The lowest BCUT2D eigenvalue weighted by Crippen LogP contribution is -2.12. The Bertz CT molecular complexity index is 273. The summed E-state index contributed by atoms with van der Waals surface area (Å²) in [6.07, 6.45) is 2.41. The fraction of sp³-hybridized carbons (Fsp3) is 0.600. The van der Waals surface area contributed by atoms with Gasteiger partial charge in [0.05, 0.1) is 0 Å². The maximum atomic E-state index is 6.14. The molecule has 3 heteroatoms. The Labute approximate surface area is 84.4 Å².